The van der Waals surface area contributed by atoms with Crippen LogP contribution in [0.5, 0.6) is 0 Å². The molecule has 0 saturated heterocycles. The van der Waals surface area contributed by atoms with E-state index in [-0.39, 0.29) is 0 Å². The summed E-state index contributed by atoms with van der Waals surface area (Å²) in [6.45, 7) is 4.77. The predicted octanol–water partition coefficient (Wildman–Crippen LogP) is 4.08. The van der Waals surface area contributed by atoms with Crippen molar-refractivity contribution in [2.75, 3.05) is 7.05 Å². The topological polar surface area (TPSA) is 24.9 Å². The lowest BCUT2D eigenvalue weighted by Crippen LogP contribution is -2.38. The van der Waals surface area contributed by atoms with Crippen LogP contribution in [0.4, 0.5) is 0 Å². The molecule has 1 heterocycles. The fourth-order valence-electron chi connectivity index (χ4n) is 3.13. The van der Waals surface area contributed by atoms with Crippen molar-refractivity contribution < 1.29 is 0 Å². The average molecular weight is 281 g/mol. The summed E-state index contributed by atoms with van der Waals surface area (Å²) < 4.78 is 0. The molecule has 1 aliphatic rings. The monoisotopic (exact) mass is 280 g/mol. The Kier molecular flexibility index (Phi) is 4.86. The molecule has 1 aromatic rings. The Balaban J connectivity index is 1.99. The molecule has 0 amide bonds. The molecule has 1 saturated carbocycles. The quantitative estimate of drug-likeness (QED) is 0.899. The normalized spacial score (nSPS) is 21.3. The Bertz CT molecular complexity index is 407. The molecule has 106 valence electrons. The molecule has 0 aromatic carbocycles. The zero-order chi connectivity index (χ0) is 13.9. The minimum Gasteiger partial charge on any atom is -0.316 e. The zero-order valence-corrected chi connectivity index (χ0v) is 13.0. The van der Waals surface area contributed by atoms with Gasteiger partial charge in [-0.2, -0.15) is 0 Å². The summed E-state index contributed by atoms with van der Waals surface area (Å²) in [5, 5.41) is 4.29. The van der Waals surface area contributed by atoms with E-state index in [0.29, 0.717) is 11.5 Å². The molecule has 1 aliphatic carbocycles. The van der Waals surface area contributed by atoms with Crippen LogP contribution >= 0.6 is 11.6 Å². The van der Waals surface area contributed by atoms with Gasteiger partial charge >= 0.3 is 0 Å². The van der Waals surface area contributed by atoms with Gasteiger partial charge in [0.2, 0.25) is 0 Å². The summed E-state index contributed by atoms with van der Waals surface area (Å²) in [6.07, 6.45) is 9.89. The second-order valence-corrected chi connectivity index (χ2v) is 6.98. The summed E-state index contributed by atoms with van der Waals surface area (Å²) in [6, 6.07) is 2.57. The van der Waals surface area contributed by atoms with Crippen LogP contribution < -0.4 is 5.32 Å². The van der Waals surface area contributed by atoms with Crippen LogP contribution in [0.1, 0.15) is 45.1 Å². The SMILES string of the molecule is CNC(Cc1ccncc1Cl)C1CCC(C)(C)CC1. The maximum atomic E-state index is 6.22. The molecule has 2 nitrogen and oxygen atoms in total. The molecule has 0 spiro atoms. The van der Waals surface area contributed by atoms with Crippen LogP contribution in [0.25, 0.3) is 0 Å². The van der Waals surface area contributed by atoms with Crippen molar-refractivity contribution >= 4 is 11.6 Å². The van der Waals surface area contributed by atoms with E-state index < -0.39 is 0 Å². The van der Waals surface area contributed by atoms with Crippen LogP contribution in [-0.2, 0) is 6.42 Å². The molecule has 2 rings (SSSR count). The van der Waals surface area contributed by atoms with Gasteiger partial charge in [0.1, 0.15) is 0 Å². The van der Waals surface area contributed by atoms with Crippen molar-refractivity contribution in [1.29, 1.82) is 0 Å². The van der Waals surface area contributed by atoms with Gasteiger partial charge in [0.05, 0.1) is 5.02 Å². The minimum absolute atomic E-state index is 0.524. The maximum Gasteiger partial charge on any atom is 0.0621 e. The van der Waals surface area contributed by atoms with Gasteiger partial charge in [-0.25, -0.2) is 0 Å². The number of hydrogen-bond donors (Lipinski definition) is 1. The Morgan fingerprint density at radius 1 is 1.42 bits per heavy atom. The first kappa shape index (κ1) is 14.8. The average Bonchev–Trinajstić information content (AvgIpc) is 2.38. The number of hydrogen-bond acceptors (Lipinski definition) is 2. The zero-order valence-electron chi connectivity index (χ0n) is 12.2. The standard InChI is InChI=1S/C16H25ClN2/c1-16(2)7-4-12(5-8-16)15(18-3)10-13-6-9-19-11-14(13)17/h6,9,11-12,15,18H,4-5,7-8,10H2,1-3H3. The lowest BCUT2D eigenvalue weighted by Gasteiger charge is -2.38. The lowest BCUT2D eigenvalue weighted by molar-refractivity contribution is 0.163. The van der Waals surface area contributed by atoms with E-state index in [1.165, 1.54) is 31.2 Å². The second-order valence-electron chi connectivity index (χ2n) is 6.57. The van der Waals surface area contributed by atoms with Gasteiger partial charge in [-0.3, -0.25) is 4.98 Å². The third kappa shape index (κ3) is 3.93. The Hall–Kier alpha value is -0.600. The number of pyridine rings is 1. The summed E-state index contributed by atoms with van der Waals surface area (Å²) in [5.41, 5.74) is 1.74. The van der Waals surface area contributed by atoms with Gasteiger partial charge in [-0.15, -0.1) is 0 Å². The fourth-order valence-corrected chi connectivity index (χ4v) is 3.33. The number of nitrogens with zero attached hydrogens (tertiary/aromatic N) is 1. The first-order valence-electron chi connectivity index (χ1n) is 7.27. The van der Waals surface area contributed by atoms with Crippen LogP contribution in [0.2, 0.25) is 5.02 Å². The van der Waals surface area contributed by atoms with Gasteiger partial charge in [0.25, 0.3) is 0 Å². The highest BCUT2D eigenvalue weighted by Gasteiger charge is 2.30. The number of rotatable bonds is 4. The molecular formula is C16H25ClN2. The third-order valence-electron chi connectivity index (χ3n) is 4.62. The van der Waals surface area contributed by atoms with E-state index in [1.54, 1.807) is 6.20 Å². The molecule has 0 aliphatic heterocycles. The van der Waals surface area contributed by atoms with Crippen LogP contribution in [-0.4, -0.2) is 18.1 Å². The van der Waals surface area contributed by atoms with Gasteiger partial charge in [-0.1, -0.05) is 25.4 Å². The fraction of sp³-hybridized carbons (Fsp3) is 0.688. The summed E-state index contributed by atoms with van der Waals surface area (Å²) in [7, 11) is 2.07. The first-order valence-corrected chi connectivity index (χ1v) is 7.65. The van der Waals surface area contributed by atoms with E-state index >= 15 is 0 Å². The number of nitrogens with one attached hydrogen (secondary N) is 1. The molecule has 1 N–H and O–H groups in total. The Labute approximate surface area is 122 Å². The molecule has 1 atom stereocenters. The Morgan fingerprint density at radius 2 is 2.11 bits per heavy atom. The predicted molar refractivity (Wildman–Crippen MR) is 81.5 cm³/mol. The van der Waals surface area contributed by atoms with Crippen molar-refractivity contribution in [3.8, 4) is 0 Å². The van der Waals surface area contributed by atoms with Gasteiger partial charge < -0.3 is 5.32 Å². The van der Waals surface area contributed by atoms with Crippen molar-refractivity contribution in [3.05, 3.63) is 29.0 Å². The van der Waals surface area contributed by atoms with Crippen molar-refractivity contribution in [2.45, 2.75) is 52.0 Å². The molecule has 19 heavy (non-hydrogen) atoms. The van der Waals surface area contributed by atoms with Crippen molar-refractivity contribution in [2.24, 2.45) is 11.3 Å². The van der Waals surface area contributed by atoms with E-state index in [0.717, 1.165) is 17.4 Å². The molecule has 0 bridgehead atoms. The largest absolute Gasteiger partial charge is 0.316 e. The summed E-state index contributed by atoms with van der Waals surface area (Å²) >= 11 is 6.22. The van der Waals surface area contributed by atoms with Crippen molar-refractivity contribution in [3.63, 3.8) is 0 Å². The van der Waals surface area contributed by atoms with E-state index in [1.807, 2.05) is 12.3 Å². The van der Waals surface area contributed by atoms with E-state index in [2.05, 4.69) is 31.2 Å². The molecule has 0 radical (unpaired) electrons. The summed E-state index contributed by atoms with van der Waals surface area (Å²) in [5.74, 6) is 0.766. The second kappa shape index (κ2) is 6.23. The van der Waals surface area contributed by atoms with E-state index in [4.69, 9.17) is 11.6 Å². The molecular weight excluding hydrogens is 256 g/mol. The Morgan fingerprint density at radius 3 is 2.68 bits per heavy atom. The molecule has 1 fully saturated rings. The van der Waals surface area contributed by atoms with Gasteiger partial charge in [0.15, 0.2) is 0 Å². The number of aromatic nitrogens is 1. The third-order valence-corrected chi connectivity index (χ3v) is 4.96. The lowest BCUT2D eigenvalue weighted by atomic mass is 9.70. The molecule has 3 heteroatoms. The van der Waals surface area contributed by atoms with Crippen LogP contribution in [0.3, 0.4) is 0 Å². The number of halogens is 1. The van der Waals surface area contributed by atoms with Crippen molar-refractivity contribution in [1.82, 2.24) is 10.3 Å². The number of likely N-dealkylation sites (N-methyl/N-ethyl adjacent to an activating group) is 1. The smallest absolute Gasteiger partial charge is 0.0621 e. The van der Waals surface area contributed by atoms with Gasteiger partial charge in [0, 0.05) is 18.4 Å². The first-order chi connectivity index (χ1) is 9.02. The van der Waals surface area contributed by atoms with E-state index in [9.17, 15) is 0 Å². The maximum absolute atomic E-state index is 6.22. The van der Waals surface area contributed by atoms with Gasteiger partial charge in [-0.05, 0) is 62.1 Å². The minimum atomic E-state index is 0.524. The molecule has 1 aromatic heterocycles. The van der Waals surface area contributed by atoms with Crippen LogP contribution in [0.15, 0.2) is 18.5 Å². The highest BCUT2D eigenvalue weighted by Crippen LogP contribution is 2.39. The molecule has 1 unspecified atom stereocenters. The van der Waals surface area contributed by atoms with Crippen LogP contribution in [0, 0.1) is 11.3 Å². The highest BCUT2D eigenvalue weighted by molar-refractivity contribution is 6.31. The summed E-state index contributed by atoms with van der Waals surface area (Å²) in [4.78, 5) is 4.06. The highest BCUT2D eigenvalue weighted by atomic mass is 35.5.